The SMILES string of the molecule is CNC(C)Cc1noc(C2CC(=O)N(c3ccc(Br)c(C)c3)C2)n1.Cl. The van der Waals surface area contributed by atoms with E-state index in [1.807, 2.05) is 32.2 Å². The highest BCUT2D eigenvalue weighted by atomic mass is 79.9. The van der Waals surface area contributed by atoms with E-state index < -0.39 is 0 Å². The zero-order valence-electron chi connectivity index (χ0n) is 14.5. The van der Waals surface area contributed by atoms with Crippen molar-refractivity contribution < 1.29 is 9.32 Å². The van der Waals surface area contributed by atoms with Gasteiger partial charge in [-0.05, 0) is 44.7 Å². The molecule has 6 nitrogen and oxygen atoms in total. The predicted octanol–water partition coefficient (Wildman–Crippen LogP) is 3.23. The Morgan fingerprint density at radius 2 is 2.24 bits per heavy atom. The number of nitrogens with zero attached hydrogens (tertiary/aromatic N) is 3. The quantitative estimate of drug-likeness (QED) is 0.790. The summed E-state index contributed by atoms with van der Waals surface area (Å²) >= 11 is 3.49. The lowest BCUT2D eigenvalue weighted by Crippen LogP contribution is -2.24. The topological polar surface area (TPSA) is 71.3 Å². The summed E-state index contributed by atoms with van der Waals surface area (Å²) in [6, 6.07) is 6.21. The van der Waals surface area contributed by atoms with E-state index in [9.17, 15) is 4.79 Å². The number of rotatable bonds is 5. The first-order chi connectivity index (χ1) is 11.5. The van der Waals surface area contributed by atoms with Crippen molar-refractivity contribution in [3.8, 4) is 0 Å². The van der Waals surface area contributed by atoms with E-state index >= 15 is 0 Å². The molecule has 0 aliphatic carbocycles. The Morgan fingerprint density at radius 1 is 1.48 bits per heavy atom. The average Bonchev–Trinajstić information content (AvgIpc) is 3.16. The summed E-state index contributed by atoms with van der Waals surface area (Å²) in [4.78, 5) is 18.7. The predicted molar refractivity (Wildman–Crippen MR) is 102 cm³/mol. The maximum absolute atomic E-state index is 12.4. The first kappa shape index (κ1) is 19.9. The number of anilines is 1. The molecule has 1 saturated heterocycles. The van der Waals surface area contributed by atoms with Crippen molar-refractivity contribution in [1.82, 2.24) is 15.5 Å². The Bertz CT molecular complexity index is 752. The fourth-order valence-corrected chi connectivity index (χ4v) is 3.06. The van der Waals surface area contributed by atoms with Crippen LogP contribution in [-0.4, -0.2) is 35.7 Å². The van der Waals surface area contributed by atoms with E-state index in [-0.39, 0.29) is 30.3 Å². The van der Waals surface area contributed by atoms with Crippen molar-refractivity contribution in [2.45, 2.75) is 38.6 Å². The summed E-state index contributed by atoms with van der Waals surface area (Å²) in [6.07, 6.45) is 1.11. The van der Waals surface area contributed by atoms with Gasteiger partial charge in [0.15, 0.2) is 5.82 Å². The summed E-state index contributed by atoms with van der Waals surface area (Å²) in [5.41, 5.74) is 2.01. The third-order valence-corrected chi connectivity index (χ3v) is 5.28. The van der Waals surface area contributed by atoms with Crippen molar-refractivity contribution >= 4 is 39.9 Å². The van der Waals surface area contributed by atoms with Crippen molar-refractivity contribution in [2.24, 2.45) is 0 Å². The summed E-state index contributed by atoms with van der Waals surface area (Å²) in [5, 5.41) is 7.18. The minimum Gasteiger partial charge on any atom is -0.339 e. The molecule has 136 valence electrons. The number of aryl methyl sites for hydroxylation is 1. The van der Waals surface area contributed by atoms with Crippen LogP contribution < -0.4 is 10.2 Å². The third kappa shape index (κ3) is 4.40. The molecule has 8 heteroatoms. The maximum Gasteiger partial charge on any atom is 0.232 e. The van der Waals surface area contributed by atoms with Crippen LogP contribution in [-0.2, 0) is 11.2 Å². The third-order valence-electron chi connectivity index (χ3n) is 4.39. The van der Waals surface area contributed by atoms with Gasteiger partial charge in [0.1, 0.15) is 0 Å². The van der Waals surface area contributed by atoms with Crippen LogP contribution in [0.1, 0.15) is 36.5 Å². The standard InChI is InChI=1S/C17H21BrN4O2.ClH/c1-10-6-13(4-5-14(10)18)22-9-12(8-16(22)23)17-20-15(21-24-17)7-11(2)19-3;/h4-6,11-12,19H,7-9H2,1-3H3;1H. The van der Waals surface area contributed by atoms with Gasteiger partial charge in [-0.1, -0.05) is 21.1 Å². The fourth-order valence-electron chi connectivity index (χ4n) is 2.81. The molecule has 0 spiro atoms. The summed E-state index contributed by atoms with van der Waals surface area (Å²) < 4.78 is 6.43. The van der Waals surface area contributed by atoms with Crippen molar-refractivity contribution in [3.05, 3.63) is 40.0 Å². The Morgan fingerprint density at radius 3 is 2.92 bits per heavy atom. The highest BCUT2D eigenvalue weighted by Crippen LogP contribution is 2.32. The minimum absolute atomic E-state index is 0. The van der Waals surface area contributed by atoms with Crippen molar-refractivity contribution in [2.75, 3.05) is 18.5 Å². The number of halogens is 2. The molecule has 0 bridgehead atoms. The number of nitrogens with one attached hydrogen (secondary N) is 1. The van der Waals surface area contributed by atoms with Crippen LogP contribution in [0.3, 0.4) is 0 Å². The van der Waals surface area contributed by atoms with Crippen LogP contribution in [0.15, 0.2) is 27.2 Å². The molecule has 0 saturated carbocycles. The fraction of sp³-hybridized carbons (Fsp3) is 0.471. The number of likely N-dealkylation sites (N-methyl/N-ethyl adjacent to an activating group) is 1. The molecule has 3 rings (SSSR count). The molecule has 1 amide bonds. The van der Waals surface area contributed by atoms with Gasteiger partial charge in [-0.15, -0.1) is 12.4 Å². The van der Waals surface area contributed by atoms with Gasteiger partial charge in [0, 0.05) is 35.6 Å². The smallest absolute Gasteiger partial charge is 0.232 e. The second-order valence-corrected chi connectivity index (χ2v) is 7.14. The number of carbonyl (C=O) groups is 1. The van der Waals surface area contributed by atoms with Gasteiger partial charge in [-0.3, -0.25) is 4.79 Å². The van der Waals surface area contributed by atoms with Crippen LogP contribution in [0.5, 0.6) is 0 Å². The molecular formula is C17H22BrClN4O2. The molecule has 0 radical (unpaired) electrons. The Kier molecular flexibility index (Phi) is 6.59. The Hall–Kier alpha value is -1.44. The molecule has 1 fully saturated rings. The van der Waals surface area contributed by atoms with Crippen LogP contribution in [0, 0.1) is 6.92 Å². The molecule has 1 N–H and O–H groups in total. The van der Waals surface area contributed by atoms with E-state index in [2.05, 4.69) is 38.3 Å². The zero-order valence-corrected chi connectivity index (χ0v) is 16.9. The minimum atomic E-state index is -0.0485. The number of hydrogen-bond acceptors (Lipinski definition) is 5. The lowest BCUT2D eigenvalue weighted by atomic mass is 10.1. The average molecular weight is 430 g/mol. The van der Waals surface area contributed by atoms with Gasteiger partial charge in [0.05, 0.1) is 5.92 Å². The number of amides is 1. The highest BCUT2D eigenvalue weighted by molar-refractivity contribution is 9.10. The molecular weight excluding hydrogens is 408 g/mol. The monoisotopic (exact) mass is 428 g/mol. The number of carbonyl (C=O) groups excluding carboxylic acids is 1. The Labute approximate surface area is 161 Å². The molecule has 1 aliphatic rings. The van der Waals surface area contributed by atoms with Crippen molar-refractivity contribution in [3.63, 3.8) is 0 Å². The van der Waals surface area contributed by atoms with E-state index in [1.165, 1.54) is 0 Å². The van der Waals surface area contributed by atoms with Gasteiger partial charge < -0.3 is 14.7 Å². The first-order valence-corrected chi connectivity index (χ1v) is 8.83. The molecule has 1 aliphatic heterocycles. The maximum atomic E-state index is 12.4. The summed E-state index contributed by atoms with van der Waals surface area (Å²) in [5.74, 6) is 1.27. The molecule has 25 heavy (non-hydrogen) atoms. The van der Waals surface area contributed by atoms with Gasteiger partial charge in [-0.2, -0.15) is 4.98 Å². The molecule has 2 heterocycles. The van der Waals surface area contributed by atoms with Crippen LogP contribution in [0.2, 0.25) is 0 Å². The van der Waals surface area contributed by atoms with Gasteiger partial charge >= 0.3 is 0 Å². The number of aromatic nitrogens is 2. The van der Waals surface area contributed by atoms with Gasteiger partial charge in [-0.25, -0.2) is 0 Å². The number of hydrogen-bond donors (Lipinski definition) is 1. The molecule has 2 atom stereocenters. The molecule has 2 aromatic rings. The van der Waals surface area contributed by atoms with E-state index in [1.54, 1.807) is 4.90 Å². The van der Waals surface area contributed by atoms with Crippen LogP contribution in [0.25, 0.3) is 0 Å². The molecule has 1 aromatic heterocycles. The number of benzene rings is 1. The lowest BCUT2D eigenvalue weighted by Gasteiger charge is -2.17. The normalized spacial score (nSPS) is 18.3. The van der Waals surface area contributed by atoms with E-state index in [0.717, 1.165) is 15.7 Å². The van der Waals surface area contributed by atoms with Crippen molar-refractivity contribution in [1.29, 1.82) is 0 Å². The van der Waals surface area contributed by atoms with Gasteiger partial charge in [0.2, 0.25) is 11.8 Å². The summed E-state index contributed by atoms with van der Waals surface area (Å²) in [6.45, 7) is 4.65. The van der Waals surface area contributed by atoms with Crippen LogP contribution >= 0.6 is 28.3 Å². The van der Waals surface area contributed by atoms with Gasteiger partial charge in [0.25, 0.3) is 0 Å². The van der Waals surface area contributed by atoms with E-state index in [0.29, 0.717) is 31.1 Å². The molecule has 1 aromatic carbocycles. The van der Waals surface area contributed by atoms with Crippen LogP contribution in [0.4, 0.5) is 5.69 Å². The van der Waals surface area contributed by atoms with E-state index in [4.69, 9.17) is 4.52 Å². The second-order valence-electron chi connectivity index (χ2n) is 6.28. The lowest BCUT2D eigenvalue weighted by molar-refractivity contribution is -0.117. The summed E-state index contributed by atoms with van der Waals surface area (Å²) in [7, 11) is 1.90. The Balaban J connectivity index is 0.00000225. The zero-order chi connectivity index (χ0) is 17.3. The molecule has 2 unspecified atom stereocenters. The first-order valence-electron chi connectivity index (χ1n) is 8.04. The second kappa shape index (κ2) is 8.29. The highest BCUT2D eigenvalue weighted by Gasteiger charge is 2.35. The largest absolute Gasteiger partial charge is 0.339 e.